The van der Waals surface area contributed by atoms with Crippen LogP contribution in [-0.2, 0) is 9.47 Å². The number of ether oxygens (including phenoxy) is 2. The van der Waals surface area contributed by atoms with E-state index in [2.05, 4.69) is 6.92 Å². The topological polar surface area (TPSA) is 99.4 Å². The fourth-order valence-electron chi connectivity index (χ4n) is 1.93. The molecule has 0 radical (unpaired) electrons. The van der Waals surface area contributed by atoms with Gasteiger partial charge in [0.1, 0.15) is 24.4 Å². The van der Waals surface area contributed by atoms with Gasteiger partial charge in [-0.05, 0) is 6.42 Å². The Balaban J connectivity index is 2.35. The Kier molecular flexibility index (Phi) is 7.06. The van der Waals surface area contributed by atoms with Gasteiger partial charge in [-0.2, -0.15) is 0 Å². The van der Waals surface area contributed by atoms with Crippen molar-refractivity contribution in [2.75, 3.05) is 13.2 Å². The molecule has 0 aromatic heterocycles. The minimum atomic E-state index is -1.36. The lowest BCUT2D eigenvalue weighted by Gasteiger charge is -2.39. The molecule has 1 saturated heterocycles. The largest absolute Gasteiger partial charge is 0.394 e. The summed E-state index contributed by atoms with van der Waals surface area (Å²) in [4.78, 5) is 0. The van der Waals surface area contributed by atoms with E-state index in [4.69, 9.17) is 14.6 Å². The monoisotopic (exact) mass is 264 g/mol. The van der Waals surface area contributed by atoms with Crippen LogP contribution in [-0.4, -0.2) is 64.3 Å². The van der Waals surface area contributed by atoms with Crippen LogP contribution < -0.4 is 0 Å². The van der Waals surface area contributed by atoms with Gasteiger partial charge in [-0.3, -0.25) is 0 Å². The summed E-state index contributed by atoms with van der Waals surface area (Å²) in [6.07, 6.45) is -1.75. The average Bonchev–Trinajstić information content (AvgIpc) is 2.38. The van der Waals surface area contributed by atoms with Gasteiger partial charge >= 0.3 is 0 Å². The van der Waals surface area contributed by atoms with Gasteiger partial charge in [0.25, 0.3) is 0 Å². The highest BCUT2D eigenvalue weighted by molar-refractivity contribution is 4.88. The zero-order chi connectivity index (χ0) is 13.5. The van der Waals surface area contributed by atoms with E-state index in [1.54, 1.807) is 0 Å². The molecule has 5 atom stereocenters. The van der Waals surface area contributed by atoms with Crippen LogP contribution in [0.5, 0.6) is 0 Å². The van der Waals surface area contributed by atoms with E-state index in [-0.39, 0.29) is 0 Å². The molecule has 18 heavy (non-hydrogen) atoms. The van der Waals surface area contributed by atoms with E-state index in [9.17, 15) is 15.3 Å². The molecule has 6 heteroatoms. The highest BCUT2D eigenvalue weighted by atomic mass is 16.7. The molecule has 0 bridgehead atoms. The number of unbranched alkanes of at least 4 members (excludes halogenated alkanes) is 3. The predicted molar refractivity (Wildman–Crippen MR) is 63.9 cm³/mol. The van der Waals surface area contributed by atoms with E-state index in [1.807, 2.05) is 0 Å². The lowest BCUT2D eigenvalue weighted by Crippen LogP contribution is -2.59. The molecule has 1 aliphatic rings. The Morgan fingerprint density at radius 1 is 1.00 bits per heavy atom. The van der Waals surface area contributed by atoms with Crippen LogP contribution in [0.25, 0.3) is 0 Å². The number of hydrogen-bond donors (Lipinski definition) is 4. The van der Waals surface area contributed by atoms with Gasteiger partial charge in [0, 0.05) is 6.61 Å². The van der Waals surface area contributed by atoms with E-state index >= 15 is 0 Å². The van der Waals surface area contributed by atoms with Gasteiger partial charge in [-0.25, -0.2) is 0 Å². The number of rotatable bonds is 7. The smallest absolute Gasteiger partial charge is 0.186 e. The van der Waals surface area contributed by atoms with Crippen molar-refractivity contribution < 1.29 is 29.9 Å². The summed E-state index contributed by atoms with van der Waals surface area (Å²) in [5, 5.41) is 37.8. The Morgan fingerprint density at radius 2 is 1.72 bits per heavy atom. The average molecular weight is 264 g/mol. The van der Waals surface area contributed by atoms with Crippen LogP contribution in [0.4, 0.5) is 0 Å². The van der Waals surface area contributed by atoms with Gasteiger partial charge in [-0.15, -0.1) is 0 Å². The van der Waals surface area contributed by atoms with Gasteiger partial charge in [-0.1, -0.05) is 26.2 Å². The first-order chi connectivity index (χ1) is 8.61. The lowest BCUT2D eigenvalue weighted by molar-refractivity contribution is -0.301. The third kappa shape index (κ3) is 4.15. The SMILES string of the molecule is CCCCCCO[C@@H]1O[C@H](CO)[C@H](O)[C@@H](O)[C@H]1O. The molecule has 1 heterocycles. The molecule has 6 nitrogen and oxygen atoms in total. The Bertz CT molecular complexity index is 223. The van der Waals surface area contributed by atoms with Crippen LogP contribution in [0.3, 0.4) is 0 Å². The Hall–Kier alpha value is -0.240. The molecule has 4 N–H and O–H groups in total. The third-order valence-corrected chi connectivity index (χ3v) is 3.13. The molecule has 1 fully saturated rings. The minimum Gasteiger partial charge on any atom is -0.394 e. The van der Waals surface area contributed by atoms with Gasteiger partial charge < -0.3 is 29.9 Å². The fourth-order valence-corrected chi connectivity index (χ4v) is 1.93. The molecule has 0 aromatic carbocycles. The van der Waals surface area contributed by atoms with Crippen molar-refractivity contribution in [1.82, 2.24) is 0 Å². The molecule has 0 aromatic rings. The number of hydrogen-bond acceptors (Lipinski definition) is 6. The molecule has 0 amide bonds. The summed E-state index contributed by atoms with van der Waals surface area (Å²) in [6.45, 7) is 2.10. The molecule has 1 aliphatic heterocycles. The van der Waals surface area contributed by atoms with Crippen molar-refractivity contribution in [3.63, 3.8) is 0 Å². The normalized spacial score (nSPS) is 36.8. The van der Waals surface area contributed by atoms with Crippen molar-refractivity contribution in [2.45, 2.75) is 63.3 Å². The second-order valence-electron chi connectivity index (χ2n) is 4.63. The highest BCUT2D eigenvalue weighted by Crippen LogP contribution is 2.22. The van der Waals surface area contributed by atoms with Crippen molar-refractivity contribution in [3.8, 4) is 0 Å². The quantitative estimate of drug-likeness (QED) is 0.458. The maximum absolute atomic E-state index is 9.68. The summed E-state index contributed by atoms with van der Waals surface area (Å²) in [5.41, 5.74) is 0. The molecule has 0 aliphatic carbocycles. The molecule has 108 valence electrons. The van der Waals surface area contributed by atoms with E-state index in [0.717, 1.165) is 25.7 Å². The first-order valence-electron chi connectivity index (χ1n) is 6.54. The van der Waals surface area contributed by atoms with Gasteiger partial charge in [0.2, 0.25) is 0 Å². The van der Waals surface area contributed by atoms with Crippen LogP contribution in [0, 0.1) is 0 Å². The highest BCUT2D eigenvalue weighted by Gasteiger charge is 2.43. The van der Waals surface area contributed by atoms with Crippen LogP contribution in [0.1, 0.15) is 32.6 Å². The van der Waals surface area contributed by atoms with Crippen molar-refractivity contribution >= 4 is 0 Å². The van der Waals surface area contributed by atoms with Crippen LogP contribution in [0.2, 0.25) is 0 Å². The maximum Gasteiger partial charge on any atom is 0.186 e. The lowest BCUT2D eigenvalue weighted by atomic mass is 9.99. The van der Waals surface area contributed by atoms with Crippen molar-refractivity contribution in [1.29, 1.82) is 0 Å². The Morgan fingerprint density at radius 3 is 2.33 bits per heavy atom. The summed E-state index contributed by atoms with van der Waals surface area (Å²) < 4.78 is 10.5. The maximum atomic E-state index is 9.68. The van der Waals surface area contributed by atoms with Crippen molar-refractivity contribution in [2.24, 2.45) is 0 Å². The third-order valence-electron chi connectivity index (χ3n) is 3.13. The summed E-state index contributed by atoms with van der Waals surface area (Å²) in [6, 6.07) is 0. The van der Waals surface area contributed by atoms with Crippen LogP contribution >= 0.6 is 0 Å². The summed E-state index contributed by atoms with van der Waals surface area (Å²) >= 11 is 0. The summed E-state index contributed by atoms with van der Waals surface area (Å²) in [5.74, 6) is 0. The standard InChI is InChI=1S/C12H24O6/c1-2-3-4-5-6-17-12-11(16)10(15)9(14)8(7-13)18-12/h8-16H,2-7H2,1H3/t8-,9+,10-,11-,12-/m1/s1. The zero-order valence-corrected chi connectivity index (χ0v) is 10.7. The fraction of sp³-hybridized carbons (Fsp3) is 1.00. The Labute approximate surface area is 107 Å². The molecule has 0 spiro atoms. The second kappa shape index (κ2) is 8.04. The van der Waals surface area contributed by atoms with Gasteiger partial charge in [0.05, 0.1) is 6.61 Å². The van der Waals surface area contributed by atoms with E-state index in [1.165, 1.54) is 0 Å². The number of aliphatic hydroxyl groups is 4. The molecule has 0 unspecified atom stereocenters. The van der Waals surface area contributed by atoms with E-state index < -0.39 is 37.3 Å². The van der Waals surface area contributed by atoms with Gasteiger partial charge in [0.15, 0.2) is 6.29 Å². The number of aliphatic hydroxyl groups excluding tert-OH is 4. The van der Waals surface area contributed by atoms with E-state index in [0.29, 0.717) is 6.61 Å². The second-order valence-corrected chi connectivity index (χ2v) is 4.63. The van der Waals surface area contributed by atoms with Crippen LogP contribution in [0.15, 0.2) is 0 Å². The zero-order valence-electron chi connectivity index (χ0n) is 10.7. The molecule has 0 saturated carbocycles. The first-order valence-corrected chi connectivity index (χ1v) is 6.54. The molecular weight excluding hydrogens is 240 g/mol. The summed E-state index contributed by atoms with van der Waals surface area (Å²) in [7, 11) is 0. The minimum absolute atomic E-state index is 0.419. The molecule has 1 rings (SSSR count). The molecular formula is C12H24O6. The van der Waals surface area contributed by atoms with Crippen molar-refractivity contribution in [3.05, 3.63) is 0 Å². The predicted octanol–water partition coefficient (Wildman–Crippen LogP) is -0.617. The first kappa shape index (κ1) is 15.8.